The molecule has 5 nitrogen and oxygen atoms in total. The average Bonchev–Trinajstić information content (AvgIpc) is 3.30. The second-order valence-corrected chi connectivity index (χ2v) is 18.5. The van der Waals surface area contributed by atoms with Crippen molar-refractivity contribution in [2.75, 3.05) is 19.8 Å². The third kappa shape index (κ3) is 52.2. The van der Waals surface area contributed by atoms with Crippen LogP contribution in [0.25, 0.3) is 0 Å². The molecule has 0 spiro atoms. The molecule has 372 valence electrons. The summed E-state index contributed by atoms with van der Waals surface area (Å²) in [5, 5.41) is 0. The van der Waals surface area contributed by atoms with Gasteiger partial charge in [0.1, 0.15) is 6.61 Å². The second-order valence-electron chi connectivity index (χ2n) is 18.5. The summed E-state index contributed by atoms with van der Waals surface area (Å²) < 4.78 is 17.4. The van der Waals surface area contributed by atoms with Crippen molar-refractivity contribution in [1.82, 2.24) is 0 Å². The molecule has 64 heavy (non-hydrogen) atoms. The third-order valence-electron chi connectivity index (χ3n) is 12.0. The fourth-order valence-electron chi connectivity index (χ4n) is 7.79. The minimum atomic E-state index is -0.545. The number of carbonyl (C=O) groups is 2. The van der Waals surface area contributed by atoms with E-state index in [4.69, 9.17) is 14.2 Å². The summed E-state index contributed by atoms with van der Waals surface area (Å²) in [4.78, 5) is 25.4. The first-order valence-corrected chi connectivity index (χ1v) is 27.8. The molecule has 0 saturated heterocycles. The molecule has 1 atom stereocenters. The predicted molar refractivity (Wildman–Crippen MR) is 279 cm³/mol. The van der Waals surface area contributed by atoms with E-state index in [1.54, 1.807) is 0 Å². The summed E-state index contributed by atoms with van der Waals surface area (Å²) in [6.07, 6.45) is 69.5. The molecule has 0 aliphatic carbocycles. The van der Waals surface area contributed by atoms with Crippen LogP contribution in [-0.4, -0.2) is 37.9 Å². The van der Waals surface area contributed by atoms with Crippen molar-refractivity contribution < 1.29 is 23.8 Å². The number of carbonyl (C=O) groups excluding carboxylic acids is 2. The molecule has 5 heteroatoms. The van der Waals surface area contributed by atoms with Crippen LogP contribution in [0.4, 0.5) is 0 Å². The Labute approximate surface area is 398 Å². The van der Waals surface area contributed by atoms with E-state index in [-0.39, 0.29) is 25.2 Å². The smallest absolute Gasteiger partial charge is 0.306 e. The van der Waals surface area contributed by atoms with Gasteiger partial charge < -0.3 is 14.2 Å². The number of allylic oxidation sites excluding steroid dienone is 10. The topological polar surface area (TPSA) is 61.8 Å². The number of ether oxygens (including phenoxy) is 3. The van der Waals surface area contributed by atoms with Gasteiger partial charge in [-0.25, -0.2) is 0 Å². The van der Waals surface area contributed by atoms with E-state index in [2.05, 4.69) is 81.5 Å². The summed E-state index contributed by atoms with van der Waals surface area (Å²) in [5.74, 6) is -0.408. The van der Waals surface area contributed by atoms with Crippen LogP contribution >= 0.6 is 0 Å². The van der Waals surface area contributed by atoms with E-state index in [1.807, 2.05) is 0 Å². The Hall–Kier alpha value is -2.40. The van der Waals surface area contributed by atoms with Gasteiger partial charge in [-0.3, -0.25) is 9.59 Å². The minimum Gasteiger partial charge on any atom is -0.462 e. The monoisotopic (exact) mass is 895 g/mol. The second kappa shape index (κ2) is 54.9. The Morgan fingerprint density at radius 3 is 1.09 bits per heavy atom. The molecule has 0 amide bonds. The van der Waals surface area contributed by atoms with E-state index in [9.17, 15) is 9.59 Å². The summed E-state index contributed by atoms with van der Waals surface area (Å²) in [6.45, 7) is 7.75. The first-order chi connectivity index (χ1) is 31.6. The third-order valence-corrected chi connectivity index (χ3v) is 12.0. The Morgan fingerprint density at radius 2 is 0.672 bits per heavy atom. The molecule has 0 fully saturated rings. The highest BCUT2D eigenvalue weighted by atomic mass is 16.6. The van der Waals surface area contributed by atoms with Crippen LogP contribution in [0, 0.1) is 0 Å². The van der Waals surface area contributed by atoms with Crippen LogP contribution in [-0.2, 0) is 23.8 Å². The van der Waals surface area contributed by atoms with Gasteiger partial charge in [0, 0.05) is 19.4 Å². The van der Waals surface area contributed by atoms with Gasteiger partial charge in [0.15, 0.2) is 6.10 Å². The first kappa shape index (κ1) is 61.6. The quantitative estimate of drug-likeness (QED) is 0.0346. The Morgan fingerprint density at radius 1 is 0.344 bits per heavy atom. The molecule has 0 aliphatic heterocycles. The fraction of sp³-hybridized carbons (Fsp3) is 0.797. The molecule has 0 radical (unpaired) electrons. The molecular weight excluding hydrogens is 789 g/mol. The van der Waals surface area contributed by atoms with Crippen LogP contribution in [0.5, 0.6) is 0 Å². The Bertz CT molecular complexity index is 1100. The van der Waals surface area contributed by atoms with E-state index >= 15 is 0 Å². The lowest BCUT2D eigenvalue weighted by atomic mass is 10.1. The maximum Gasteiger partial charge on any atom is 0.306 e. The van der Waals surface area contributed by atoms with Crippen molar-refractivity contribution >= 4 is 11.9 Å². The zero-order valence-corrected chi connectivity index (χ0v) is 42.8. The lowest BCUT2D eigenvalue weighted by molar-refractivity contribution is -0.163. The molecule has 0 saturated carbocycles. The van der Waals surface area contributed by atoms with Gasteiger partial charge in [-0.2, -0.15) is 0 Å². The number of unbranched alkanes of at least 4 members (excludes halogenated alkanes) is 30. The van der Waals surface area contributed by atoms with Crippen LogP contribution in [0.1, 0.15) is 278 Å². The van der Waals surface area contributed by atoms with E-state index in [0.29, 0.717) is 19.4 Å². The summed E-state index contributed by atoms with van der Waals surface area (Å²) in [5.41, 5.74) is 0. The molecule has 0 rings (SSSR count). The van der Waals surface area contributed by atoms with E-state index in [0.717, 1.165) is 64.2 Å². The van der Waals surface area contributed by atoms with Crippen molar-refractivity contribution in [1.29, 1.82) is 0 Å². The number of hydrogen-bond donors (Lipinski definition) is 0. The lowest BCUT2D eigenvalue weighted by Crippen LogP contribution is -2.30. The fourth-order valence-corrected chi connectivity index (χ4v) is 7.79. The highest BCUT2D eigenvalue weighted by Crippen LogP contribution is 2.15. The van der Waals surface area contributed by atoms with Crippen LogP contribution < -0.4 is 0 Å². The van der Waals surface area contributed by atoms with Crippen LogP contribution in [0.15, 0.2) is 60.8 Å². The van der Waals surface area contributed by atoms with Gasteiger partial charge in [0.2, 0.25) is 0 Å². The minimum absolute atomic E-state index is 0.0777. The molecule has 0 heterocycles. The zero-order chi connectivity index (χ0) is 46.3. The van der Waals surface area contributed by atoms with E-state index < -0.39 is 6.10 Å². The van der Waals surface area contributed by atoms with E-state index in [1.165, 1.54) is 180 Å². The first-order valence-electron chi connectivity index (χ1n) is 27.8. The van der Waals surface area contributed by atoms with Crippen molar-refractivity contribution in [3.63, 3.8) is 0 Å². The molecule has 0 N–H and O–H groups in total. The SMILES string of the molecule is CCCC/C=C\CCCCCCCC(=O)OC(COCCCCCCCCCC/C=C\C/C=C\CCCCC)COC(=O)CCCCCCCCCCC/C=C\C/C=C\CCCCC. The number of esters is 2. The molecule has 0 aliphatic rings. The summed E-state index contributed by atoms with van der Waals surface area (Å²) in [6, 6.07) is 0. The van der Waals surface area contributed by atoms with Crippen molar-refractivity contribution in [2.24, 2.45) is 0 Å². The van der Waals surface area contributed by atoms with Gasteiger partial charge in [-0.1, -0.05) is 223 Å². The van der Waals surface area contributed by atoms with Crippen LogP contribution in [0.3, 0.4) is 0 Å². The highest BCUT2D eigenvalue weighted by Gasteiger charge is 2.17. The molecule has 0 aromatic carbocycles. The molecule has 0 aromatic rings. The summed E-state index contributed by atoms with van der Waals surface area (Å²) >= 11 is 0. The molecule has 0 bridgehead atoms. The molecule has 1 unspecified atom stereocenters. The van der Waals surface area contributed by atoms with Gasteiger partial charge in [-0.05, 0) is 103 Å². The standard InChI is InChI=1S/C59H106O5/c1-4-7-10-13-16-19-22-24-26-28-30-31-33-35-38-40-43-46-49-52-58(60)63-56-57(64-59(61)53-50-47-44-41-37-21-18-15-12-9-6-3)55-62-54-51-48-45-42-39-36-34-32-29-27-25-23-20-17-14-11-8-5-2/h15-20,24-27,57H,4-14,21-23,28-56H2,1-3H3/b18-15-,19-16-,20-17-,26-24-,27-25-. The number of hydrogen-bond acceptors (Lipinski definition) is 5. The van der Waals surface area contributed by atoms with Gasteiger partial charge >= 0.3 is 11.9 Å². The van der Waals surface area contributed by atoms with Crippen molar-refractivity contribution in [3.05, 3.63) is 60.8 Å². The Kier molecular flexibility index (Phi) is 52.9. The van der Waals surface area contributed by atoms with Gasteiger partial charge in [0.05, 0.1) is 6.61 Å². The van der Waals surface area contributed by atoms with Gasteiger partial charge in [-0.15, -0.1) is 0 Å². The zero-order valence-electron chi connectivity index (χ0n) is 42.8. The average molecular weight is 895 g/mol. The highest BCUT2D eigenvalue weighted by molar-refractivity contribution is 5.70. The van der Waals surface area contributed by atoms with Crippen molar-refractivity contribution in [2.45, 2.75) is 284 Å². The Balaban J connectivity index is 4.22. The predicted octanol–water partition coefficient (Wildman–Crippen LogP) is 18.9. The maximum absolute atomic E-state index is 12.8. The summed E-state index contributed by atoms with van der Waals surface area (Å²) in [7, 11) is 0. The van der Waals surface area contributed by atoms with Crippen molar-refractivity contribution in [3.8, 4) is 0 Å². The molecule has 0 aromatic heterocycles. The normalized spacial score (nSPS) is 12.6. The number of rotatable bonds is 51. The maximum atomic E-state index is 12.8. The largest absolute Gasteiger partial charge is 0.462 e. The van der Waals surface area contributed by atoms with Gasteiger partial charge in [0.25, 0.3) is 0 Å². The molecular formula is C59H106O5. The van der Waals surface area contributed by atoms with Crippen LogP contribution in [0.2, 0.25) is 0 Å². The lowest BCUT2D eigenvalue weighted by Gasteiger charge is -2.18.